The van der Waals surface area contributed by atoms with Gasteiger partial charge in [0.1, 0.15) is 27.9 Å². The smallest absolute Gasteiger partial charge is 0.248 e. The van der Waals surface area contributed by atoms with E-state index in [1.165, 1.54) is 24.3 Å². The molecule has 7 aromatic rings. The van der Waals surface area contributed by atoms with Gasteiger partial charge in [0.2, 0.25) is 0 Å². The summed E-state index contributed by atoms with van der Waals surface area (Å²) in [6, 6.07) is 24.1. The lowest BCUT2D eigenvalue weighted by Gasteiger charge is -2.15. The molecular weight excluding hydrogens is 605 g/mol. The summed E-state index contributed by atoms with van der Waals surface area (Å²) < 4.78 is 66.3. The lowest BCUT2D eigenvalue weighted by atomic mass is 9.95. The first-order chi connectivity index (χ1) is 21.1. The van der Waals surface area contributed by atoms with E-state index in [4.69, 9.17) is 0 Å². The fourth-order valence-corrected chi connectivity index (χ4v) is 7.02. The van der Waals surface area contributed by atoms with Crippen molar-refractivity contribution >= 4 is 45.1 Å². The van der Waals surface area contributed by atoms with E-state index in [1.54, 1.807) is 30.3 Å². The Kier molecular flexibility index (Phi) is 6.78. The molecule has 7 rings (SSSR count). The number of halogens is 4. The molecule has 218 valence electrons. The van der Waals surface area contributed by atoms with E-state index >= 15 is 0 Å². The Bertz CT molecular complexity index is 2200. The van der Waals surface area contributed by atoms with Gasteiger partial charge in [-0.05, 0) is 61.2 Å². The summed E-state index contributed by atoms with van der Waals surface area (Å²) in [4.78, 5) is 10.5. The molecule has 0 radical (unpaired) electrons. The summed E-state index contributed by atoms with van der Waals surface area (Å²) in [5.41, 5.74) is 5.72. The summed E-state index contributed by atoms with van der Waals surface area (Å²) >= 11 is 2.49. The molecule has 4 aromatic carbocycles. The third-order valence-electron chi connectivity index (χ3n) is 7.57. The van der Waals surface area contributed by atoms with Crippen molar-refractivity contribution in [2.75, 3.05) is 0 Å². The van der Waals surface area contributed by atoms with Crippen LogP contribution < -0.4 is 0 Å². The second kappa shape index (κ2) is 10.6. The first kappa shape index (κ1) is 28.2. The summed E-state index contributed by atoms with van der Waals surface area (Å²) in [6.45, 7) is 5.16. The molecule has 0 amide bonds. The van der Waals surface area contributed by atoms with E-state index < -0.39 is 11.9 Å². The van der Waals surface area contributed by atoms with Crippen LogP contribution in [0.2, 0.25) is 0 Å². The molecule has 0 bridgehead atoms. The standard InChI is InChI=1S/C34H22F4N4S2/c1-17-4-7-21(8-5-17)25-14-15-26(43-25)28-30-29(40-33(19(3)39-30)34(36,37)38)27(31-32(28)42-44-41-31)22-11-9-20(10-12-22)23-13-6-18(2)16-24(23)35/h4-16H,1-3H3. The molecule has 0 fully saturated rings. The maximum atomic E-state index is 14.7. The Morgan fingerprint density at radius 1 is 0.591 bits per heavy atom. The van der Waals surface area contributed by atoms with Gasteiger partial charge in [-0.2, -0.15) is 21.9 Å². The van der Waals surface area contributed by atoms with Crippen molar-refractivity contribution in [1.82, 2.24) is 18.7 Å². The number of fused-ring (bicyclic) bond motifs is 2. The monoisotopic (exact) mass is 626 g/mol. The Morgan fingerprint density at radius 2 is 1.18 bits per heavy atom. The maximum absolute atomic E-state index is 14.7. The van der Waals surface area contributed by atoms with E-state index in [2.05, 4.69) is 18.7 Å². The molecule has 3 aromatic heterocycles. The minimum atomic E-state index is -4.70. The zero-order chi connectivity index (χ0) is 30.7. The number of hydrogen-bond acceptors (Lipinski definition) is 6. The predicted octanol–water partition coefficient (Wildman–Crippen LogP) is 10.4. The fraction of sp³-hybridized carbons (Fsp3) is 0.118. The number of aryl methyl sites for hydroxylation is 3. The van der Waals surface area contributed by atoms with Crippen molar-refractivity contribution in [3.8, 4) is 43.1 Å². The molecule has 0 aliphatic heterocycles. The van der Waals surface area contributed by atoms with Crippen LogP contribution in [0.3, 0.4) is 0 Å². The molecule has 0 spiro atoms. The molecular formula is C34H22F4N4S2. The van der Waals surface area contributed by atoms with Crippen LogP contribution >= 0.6 is 23.1 Å². The van der Waals surface area contributed by atoms with Crippen LogP contribution in [0.4, 0.5) is 17.6 Å². The summed E-state index contributed by atoms with van der Waals surface area (Å²) in [5.74, 6) is -0.351. The number of hydrogen-bond donors (Lipinski definition) is 0. The Balaban J connectivity index is 1.47. The van der Waals surface area contributed by atoms with Crippen molar-refractivity contribution in [3.05, 3.63) is 107 Å². The highest BCUT2D eigenvalue weighted by Crippen LogP contribution is 2.46. The van der Waals surface area contributed by atoms with Crippen LogP contribution in [0.1, 0.15) is 22.5 Å². The zero-order valence-electron chi connectivity index (χ0n) is 23.6. The van der Waals surface area contributed by atoms with Gasteiger partial charge in [-0.3, -0.25) is 0 Å². The molecule has 0 N–H and O–H groups in total. The molecule has 44 heavy (non-hydrogen) atoms. The second-order valence-electron chi connectivity index (χ2n) is 10.7. The number of aromatic nitrogens is 4. The SMILES string of the molecule is Cc1ccc(-c2ccc(-c3c4nsnc4c(-c4ccc(-c5ccc(C)cc5F)cc4)c4nc(C(F)(F)F)c(C)nc34)s2)cc1. The van der Waals surface area contributed by atoms with Gasteiger partial charge in [-0.1, -0.05) is 66.2 Å². The summed E-state index contributed by atoms with van der Waals surface area (Å²) in [5, 5.41) is 0. The molecule has 3 heterocycles. The Labute approximate surface area is 258 Å². The predicted molar refractivity (Wildman–Crippen MR) is 169 cm³/mol. The van der Waals surface area contributed by atoms with Crippen molar-refractivity contribution in [1.29, 1.82) is 0 Å². The normalized spacial score (nSPS) is 12.0. The lowest BCUT2D eigenvalue weighted by molar-refractivity contribution is -0.141. The van der Waals surface area contributed by atoms with Gasteiger partial charge in [-0.25, -0.2) is 14.4 Å². The van der Waals surface area contributed by atoms with Gasteiger partial charge in [0.15, 0.2) is 5.69 Å². The topological polar surface area (TPSA) is 51.6 Å². The largest absolute Gasteiger partial charge is 0.435 e. The molecule has 0 saturated carbocycles. The van der Waals surface area contributed by atoms with Gasteiger partial charge < -0.3 is 0 Å². The summed E-state index contributed by atoms with van der Waals surface area (Å²) in [6.07, 6.45) is -4.70. The van der Waals surface area contributed by atoms with Gasteiger partial charge in [0.25, 0.3) is 0 Å². The third-order valence-corrected chi connectivity index (χ3v) is 9.25. The van der Waals surface area contributed by atoms with Gasteiger partial charge >= 0.3 is 6.18 Å². The van der Waals surface area contributed by atoms with Crippen molar-refractivity contribution in [2.45, 2.75) is 26.9 Å². The average molecular weight is 627 g/mol. The van der Waals surface area contributed by atoms with E-state index in [0.29, 0.717) is 44.4 Å². The molecule has 0 aliphatic carbocycles. The number of alkyl halides is 3. The molecule has 4 nitrogen and oxygen atoms in total. The number of thiophene rings is 1. The Morgan fingerprint density at radius 3 is 1.86 bits per heavy atom. The van der Waals surface area contributed by atoms with Crippen LogP contribution in [0, 0.1) is 26.6 Å². The highest BCUT2D eigenvalue weighted by molar-refractivity contribution is 7.19. The number of benzene rings is 4. The van der Waals surface area contributed by atoms with Gasteiger partial charge in [-0.15, -0.1) is 11.3 Å². The molecule has 10 heteroatoms. The molecule has 0 unspecified atom stereocenters. The van der Waals surface area contributed by atoms with Crippen LogP contribution in [-0.4, -0.2) is 18.7 Å². The van der Waals surface area contributed by atoms with E-state index in [-0.39, 0.29) is 17.0 Å². The molecule has 0 aliphatic rings. The number of rotatable bonds is 4. The van der Waals surface area contributed by atoms with E-state index in [0.717, 1.165) is 38.2 Å². The van der Waals surface area contributed by atoms with Gasteiger partial charge in [0, 0.05) is 26.4 Å². The molecule has 0 atom stereocenters. The maximum Gasteiger partial charge on any atom is 0.435 e. The quantitative estimate of drug-likeness (QED) is 0.182. The minimum absolute atomic E-state index is 0.0812. The lowest BCUT2D eigenvalue weighted by Crippen LogP contribution is -2.12. The average Bonchev–Trinajstić information content (AvgIpc) is 3.66. The highest BCUT2D eigenvalue weighted by atomic mass is 32.1. The van der Waals surface area contributed by atoms with Crippen LogP contribution in [0.5, 0.6) is 0 Å². The fourth-order valence-electron chi connectivity index (χ4n) is 5.40. The first-order valence-electron chi connectivity index (χ1n) is 13.7. The van der Waals surface area contributed by atoms with Gasteiger partial charge in [0.05, 0.1) is 17.4 Å². The van der Waals surface area contributed by atoms with Crippen molar-refractivity contribution in [2.24, 2.45) is 0 Å². The van der Waals surface area contributed by atoms with Crippen LogP contribution in [-0.2, 0) is 6.18 Å². The minimum Gasteiger partial charge on any atom is -0.248 e. The molecule has 0 saturated heterocycles. The van der Waals surface area contributed by atoms with Crippen molar-refractivity contribution < 1.29 is 17.6 Å². The van der Waals surface area contributed by atoms with Crippen LogP contribution in [0.25, 0.3) is 65.2 Å². The Hall–Kier alpha value is -4.54. The second-order valence-corrected chi connectivity index (χ2v) is 12.3. The highest BCUT2D eigenvalue weighted by Gasteiger charge is 2.37. The third kappa shape index (κ3) is 4.84. The number of nitrogens with zero attached hydrogens (tertiary/aromatic N) is 4. The van der Waals surface area contributed by atoms with E-state index in [9.17, 15) is 17.6 Å². The van der Waals surface area contributed by atoms with Crippen molar-refractivity contribution in [3.63, 3.8) is 0 Å². The first-order valence-corrected chi connectivity index (χ1v) is 15.2. The van der Waals surface area contributed by atoms with E-state index in [1.807, 2.05) is 56.3 Å². The summed E-state index contributed by atoms with van der Waals surface area (Å²) in [7, 11) is 0. The van der Waals surface area contributed by atoms with Crippen LogP contribution in [0.15, 0.2) is 78.9 Å². The zero-order valence-corrected chi connectivity index (χ0v) is 25.3.